The minimum Gasteiger partial charge on any atom is -0.380 e. The molecule has 124 valence electrons. The first-order valence-electron chi connectivity index (χ1n) is 8.65. The van der Waals surface area contributed by atoms with Gasteiger partial charge >= 0.3 is 0 Å². The van der Waals surface area contributed by atoms with E-state index in [0.29, 0.717) is 12.0 Å². The SMILES string of the molecule is CCOCCNC(CC(C)C)C1(c2ccc(Cl)cc2)CCC1. The second-order valence-corrected chi connectivity index (χ2v) is 7.29. The Morgan fingerprint density at radius 2 is 1.91 bits per heavy atom. The molecule has 1 fully saturated rings. The van der Waals surface area contributed by atoms with Gasteiger partial charge in [0, 0.05) is 29.6 Å². The summed E-state index contributed by atoms with van der Waals surface area (Å²) in [4.78, 5) is 0. The lowest BCUT2D eigenvalue weighted by atomic mass is 9.59. The Morgan fingerprint density at radius 3 is 2.41 bits per heavy atom. The number of ether oxygens (including phenoxy) is 1. The second kappa shape index (κ2) is 8.33. The summed E-state index contributed by atoms with van der Waals surface area (Å²) in [5, 5.41) is 4.61. The fourth-order valence-electron chi connectivity index (χ4n) is 3.60. The monoisotopic (exact) mass is 323 g/mol. The van der Waals surface area contributed by atoms with Gasteiger partial charge in [-0.25, -0.2) is 0 Å². The van der Waals surface area contributed by atoms with Gasteiger partial charge in [-0.2, -0.15) is 0 Å². The highest BCUT2D eigenvalue weighted by Crippen LogP contribution is 2.48. The molecule has 0 spiro atoms. The molecule has 2 nitrogen and oxygen atoms in total. The van der Waals surface area contributed by atoms with Crippen LogP contribution in [-0.4, -0.2) is 25.8 Å². The zero-order valence-corrected chi connectivity index (χ0v) is 15.0. The van der Waals surface area contributed by atoms with Crippen molar-refractivity contribution in [2.75, 3.05) is 19.8 Å². The first kappa shape index (κ1) is 17.8. The topological polar surface area (TPSA) is 21.3 Å². The lowest BCUT2D eigenvalue weighted by Gasteiger charge is -2.49. The molecule has 0 aromatic heterocycles. The van der Waals surface area contributed by atoms with E-state index in [2.05, 4.69) is 31.3 Å². The normalized spacial score (nSPS) is 18.2. The zero-order valence-electron chi connectivity index (χ0n) is 14.2. The Hall–Kier alpha value is -0.570. The molecule has 1 saturated carbocycles. The van der Waals surface area contributed by atoms with Crippen molar-refractivity contribution >= 4 is 11.6 Å². The van der Waals surface area contributed by atoms with Gasteiger partial charge in [-0.05, 0) is 49.8 Å². The van der Waals surface area contributed by atoms with Gasteiger partial charge < -0.3 is 10.1 Å². The van der Waals surface area contributed by atoms with Gasteiger partial charge in [0.2, 0.25) is 0 Å². The predicted octanol–water partition coefficient (Wildman–Crippen LogP) is 4.80. The molecule has 1 N–H and O–H groups in total. The molecule has 1 atom stereocenters. The minimum absolute atomic E-state index is 0.279. The van der Waals surface area contributed by atoms with Gasteiger partial charge in [-0.3, -0.25) is 0 Å². The maximum Gasteiger partial charge on any atom is 0.0590 e. The van der Waals surface area contributed by atoms with Crippen LogP contribution in [0.15, 0.2) is 24.3 Å². The molecule has 1 aliphatic carbocycles. The number of nitrogens with one attached hydrogen (secondary N) is 1. The summed E-state index contributed by atoms with van der Waals surface area (Å²) >= 11 is 6.07. The number of rotatable bonds is 9. The van der Waals surface area contributed by atoms with Crippen LogP contribution in [0.4, 0.5) is 0 Å². The molecular formula is C19H30ClNO. The quantitative estimate of drug-likeness (QED) is 0.659. The van der Waals surface area contributed by atoms with Crippen molar-refractivity contribution in [3.8, 4) is 0 Å². The molecule has 3 heteroatoms. The van der Waals surface area contributed by atoms with Crippen LogP contribution in [-0.2, 0) is 10.2 Å². The Labute approximate surface area is 140 Å². The van der Waals surface area contributed by atoms with Gasteiger partial charge in [-0.15, -0.1) is 0 Å². The summed E-state index contributed by atoms with van der Waals surface area (Å²) in [6.45, 7) is 9.19. The zero-order chi connectivity index (χ0) is 16.0. The van der Waals surface area contributed by atoms with Gasteiger partial charge in [0.15, 0.2) is 0 Å². The summed E-state index contributed by atoms with van der Waals surface area (Å²) < 4.78 is 5.49. The van der Waals surface area contributed by atoms with Crippen molar-refractivity contribution in [3.63, 3.8) is 0 Å². The summed E-state index contributed by atoms with van der Waals surface area (Å²) in [5.74, 6) is 0.689. The Balaban J connectivity index is 2.12. The molecule has 1 aromatic rings. The first-order valence-corrected chi connectivity index (χ1v) is 9.03. The van der Waals surface area contributed by atoms with Crippen LogP contribution in [0.3, 0.4) is 0 Å². The maximum absolute atomic E-state index is 6.07. The second-order valence-electron chi connectivity index (χ2n) is 6.85. The smallest absolute Gasteiger partial charge is 0.0590 e. The largest absolute Gasteiger partial charge is 0.380 e. The fraction of sp³-hybridized carbons (Fsp3) is 0.684. The number of benzene rings is 1. The standard InChI is InChI=1S/C19H30ClNO/c1-4-22-13-12-21-18(14-15(2)3)19(10-5-11-19)16-6-8-17(20)9-7-16/h6-9,15,18,21H,4-5,10-14H2,1-3H3. The maximum atomic E-state index is 6.07. The number of halogens is 1. The molecule has 0 heterocycles. The fourth-order valence-corrected chi connectivity index (χ4v) is 3.73. The Kier molecular flexibility index (Phi) is 6.73. The summed E-state index contributed by atoms with van der Waals surface area (Å²) in [6.07, 6.45) is 5.07. The predicted molar refractivity (Wildman–Crippen MR) is 94.7 cm³/mol. The molecule has 1 aliphatic rings. The van der Waals surface area contributed by atoms with Crippen molar-refractivity contribution in [2.45, 2.75) is 57.9 Å². The molecule has 0 radical (unpaired) electrons. The van der Waals surface area contributed by atoms with Crippen molar-refractivity contribution in [2.24, 2.45) is 5.92 Å². The summed E-state index contributed by atoms with van der Waals surface area (Å²) in [7, 11) is 0. The lowest BCUT2D eigenvalue weighted by Crippen LogP contribution is -2.54. The van der Waals surface area contributed by atoms with Crippen molar-refractivity contribution in [1.29, 1.82) is 0 Å². The van der Waals surface area contributed by atoms with Crippen LogP contribution in [0.5, 0.6) is 0 Å². The van der Waals surface area contributed by atoms with E-state index in [4.69, 9.17) is 16.3 Å². The van der Waals surface area contributed by atoms with E-state index in [0.717, 1.165) is 24.8 Å². The number of hydrogen-bond acceptors (Lipinski definition) is 2. The average Bonchev–Trinajstić information content (AvgIpc) is 2.43. The highest BCUT2D eigenvalue weighted by Gasteiger charge is 2.45. The Bertz CT molecular complexity index is 439. The Morgan fingerprint density at radius 1 is 1.23 bits per heavy atom. The minimum atomic E-state index is 0.279. The molecule has 0 amide bonds. The van der Waals surface area contributed by atoms with Crippen LogP contribution in [0.25, 0.3) is 0 Å². The van der Waals surface area contributed by atoms with E-state index in [9.17, 15) is 0 Å². The van der Waals surface area contributed by atoms with Crippen molar-refractivity contribution < 1.29 is 4.74 Å². The highest BCUT2D eigenvalue weighted by molar-refractivity contribution is 6.30. The van der Waals surface area contributed by atoms with Gasteiger partial charge in [-0.1, -0.05) is 44.0 Å². The van der Waals surface area contributed by atoms with Gasteiger partial charge in [0.25, 0.3) is 0 Å². The van der Waals surface area contributed by atoms with E-state index < -0.39 is 0 Å². The molecule has 0 saturated heterocycles. The van der Waals surface area contributed by atoms with Crippen LogP contribution >= 0.6 is 11.6 Å². The van der Waals surface area contributed by atoms with Crippen LogP contribution in [0.2, 0.25) is 5.02 Å². The molecule has 2 rings (SSSR count). The molecule has 1 aromatic carbocycles. The average molecular weight is 324 g/mol. The van der Waals surface area contributed by atoms with Crippen molar-refractivity contribution in [1.82, 2.24) is 5.32 Å². The third-order valence-corrected chi connectivity index (χ3v) is 5.13. The van der Waals surface area contributed by atoms with Crippen LogP contribution < -0.4 is 5.32 Å². The lowest BCUT2D eigenvalue weighted by molar-refractivity contribution is 0.119. The van der Waals surface area contributed by atoms with E-state index in [1.54, 1.807) is 0 Å². The van der Waals surface area contributed by atoms with Crippen molar-refractivity contribution in [3.05, 3.63) is 34.9 Å². The molecule has 1 unspecified atom stereocenters. The summed E-state index contributed by atoms with van der Waals surface area (Å²) in [6, 6.07) is 9.02. The first-order chi connectivity index (χ1) is 10.6. The molecule has 22 heavy (non-hydrogen) atoms. The molecule has 0 bridgehead atoms. The third kappa shape index (κ3) is 4.24. The number of hydrogen-bond donors (Lipinski definition) is 1. The van der Waals surface area contributed by atoms with E-state index in [-0.39, 0.29) is 5.41 Å². The van der Waals surface area contributed by atoms with E-state index in [1.165, 1.54) is 31.2 Å². The third-order valence-electron chi connectivity index (χ3n) is 4.88. The highest BCUT2D eigenvalue weighted by atomic mass is 35.5. The van der Waals surface area contributed by atoms with Crippen LogP contribution in [0.1, 0.15) is 52.0 Å². The van der Waals surface area contributed by atoms with Gasteiger partial charge in [0.1, 0.15) is 0 Å². The van der Waals surface area contributed by atoms with E-state index in [1.807, 2.05) is 19.1 Å². The van der Waals surface area contributed by atoms with Gasteiger partial charge in [0.05, 0.1) is 6.61 Å². The summed E-state index contributed by atoms with van der Waals surface area (Å²) in [5.41, 5.74) is 1.72. The van der Waals surface area contributed by atoms with E-state index >= 15 is 0 Å². The molecule has 0 aliphatic heterocycles. The molecular weight excluding hydrogens is 294 g/mol. The van der Waals surface area contributed by atoms with Crippen LogP contribution in [0, 0.1) is 5.92 Å².